The van der Waals surface area contributed by atoms with Gasteiger partial charge in [0.05, 0.1) is 23.6 Å². The summed E-state index contributed by atoms with van der Waals surface area (Å²) in [6.07, 6.45) is 2.18. The fourth-order valence-corrected chi connectivity index (χ4v) is 7.95. The molecule has 2 unspecified atom stereocenters. The van der Waals surface area contributed by atoms with Crippen molar-refractivity contribution < 1.29 is 62.4 Å². The summed E-state index contributed by atoms with van der Waals surface area (Å²) in [6, 6.07) is 3.89. The minimum Gasteiger partial charge on any atom is -0.447 e. The number of nitrogens with one attached hydrogen (secondary N) is 4. The van der Waals surface area contributed by atoms with Gasteiger partial charge < -0.3 is 45.3 Å². The molecule has 1 fully saturated rings. The van der Waals surface area contributed by atoms with E-state index < -0.39 is 83.8 Å². The molecule has 1 aromatic carbocycles. The number of hydrogen-bond donors (Lipinski definition) is 6. The van der Waals surface area contributed by atoms with Crippen LogP contribution in [-0.2, 0) is 49.5 Å². The predicted octanol–water partition coefficient (Wildman–Crippen LogP) is 2.36. The van der Waals surface area contributed by atoms with Gasteiger partial charge in [-0.3, -0.25) is 39.4 Å². The third kappa shape index (κ3) is 11.5. The zero-order chi connectivity index (χ0) is 46.1. The molecule has 1 aliphatic carbocycles. The molecule has 19 heteroatoms. The number of carbonyl (C=O) groups is 8. The molecule has 7 N–H and O–H groups in total. The molecule has 338 valence electrons. The van der Waals surface area contributed by atoms with Crippen molar-refractivity contribution in [2.75, 3.05) is 32.7 Å². The van der Waals surface area contributed by atoms with Crippen LogP contribution in [0.25, 0.3) is 0 Å². The zero-order valence-electron chi connectivity index (χ0n) is 36.0. The molecule has 0 radical (unpaired) electrons. The highest BCUT2D eigenvalue weighted by molar-refractivity contribution is 6.23. The first-order valence-corrected chi connectivity index (χ1v) is 20.5. The lowest BCUT2D eigenvalue weighted by atomic mass is 9.85. The Labute approximate surface area is 364 Å². The molecular weight excluding hydrogens is 821 g/mol. The number of fused-ring (bicyclic) bond motifs is 3. The number of aliphatic hydroxyl groups is 1. The second-order valence-electron chi connectivity index (χ2n) is 15.9. The van der Waals surface area contributed by atoms with E-state index in [0.29, 0.717) is 16.7 Å². The number of ketones is 2. The summed E-state index contributed by atoms with van der Waals surface area (Å²) in [5.74, 6) is -4.20. The number of nitrogens with two attached hydrogens (primary N) is 1. The van der Waals surface area contributed by atoms with Gasteiger partial charge in [-0.2, -0.15) is 0 Å². The Morgan fingerprint density at radius 2 is 1.78 bits per heavy atom. The molecule has 1 saturated heterocycles. The molecule has 2 bridgehead atoms. The van der Waals surface area contributed by atoms with Gasteiger partial charge in [-0.15, -0.1) is 0 Å². The van der Waals surface area contributed by atoms with Gasteiger partial charge >= 0.3 is 12.2 Å². The van der Waals surface area contributed by atoms with Gasteiger partial charge in [0.1, 0.15) is 18.8 Å². The molecule has 63 heavy (non-hydrogen) atoms. The van der Waals surface area contributed by atoms with E-state index >= 15 is 0 Å². The Morgan fingerprint density at radius 1 is 1.03 bits per heavy atom. The number of hydrogen-bond acceptors (Lipinski definition) is 14. The Balaban J connectivity index is 1.32. The van der Waals surface area contributed by atoms with Crippen molar-refractivity contribution in [1.82, 2.24) is 20.9 Å². The van der Waals surface area contributed by atoms with Crippen LogP contribution in [-0.4, -0.2) is 115 Å². The largest absolute Gasteiger partial charge is 0.447 e. The lowest BCUT2D eigenvalue weighted by molar-refractivity contribution is -0.137. The van der Waals surface area contributed by atoms with E-state index in [-0.39, 0.29) is 79.5 Å². The number of Topliss-reactive ketones (excluding diaryl/α,β-unsaturated/α-hetero) is 1. The van der Waals surface area contributed by atoms with Gasteiger partial charge in [0, 0.05) is 73.7 Å². The number of allylic oxidation sites excluding steroid dienone is 4. The number of primary amides is 1. The monoisotopic (exact) mass is 874 g/mol. The Kier molecular flexibility index (Phi) is 15.9. The molecule has 6 amide bonds. The lowest BCUT2D eigenvalue weighted by Crippen LogP contribution is -2.52. The van der Waals surface area contributed by atoms with Gasteiger partial charge in [0.25, 0.3) is 11.8 Å². The summed E-state index contributed by atoms with van der Waals surface area (Å²) in [6.45, 7) is 6.42. The van der Waals surface area contributed by atoms with Crippen LogP contribution in [0, 0.1) is 11.8 Å². The van der Waals surface area contributed by atoms with Crippen molar-refractivity contribution in [1.29, 1.82) is 0 Å². The van der Waals surface area contributed by atoms with E-state index in [4.69, 9.17) is 24.7 Å². The first-order chi connectivity index (χ1) is 29.9. The molecule has 3 aliphatic heterocycles. The average molecular weight is 875 g/mol. The molecule has 7 atom stereocenters. The number of amides is 6. The minimum atomic E-state index is -1.07. The van der Waals surface area contributed by atoms with Gasteiger partial charge in [0.15, 0.2) is 6.10 Å². The molecule has 3 heterocycles. The lowest BCUT2D eigenvalue weighted by Gasteiger charge is -2.30. The Morgan fingerprint density at radius 3 is 2.46 bits per heavy atom. The molecular formula is C44H54N6O13. The number of rotatable bonds is 9. The van der Waals surface area contributed by atoms with Crippen LogP contribution < -0.4 is 27.0 Å². The van der Waals surface area contributed by atoms with E-state index in [2.05, 4.69) is 21.3 Å². The molecule has 0 saturated carbocycles. The topological polar surface area (TPSA) is 271 Å². The van der Waals surface area contributed by atoms with Crippen LogP contribution in [0.2, 0.25) is 0 Å². The van der Waals surface area contributed by atoms with Gasteiger partial charge in [-0.05, 0) is 56.7 Å². The number of piperidine rings is 1. The first-order valence-electron chi connectivity index (χ1n) is 20.5. The highest BCUT2D eigenvalue weighted by Crippen LogP contribution is 2.33. The van der Waals surface area contributed by atoms with Crippen LogP contribution >= 0.6 is 0 Å². The van der Waals surface area contributed by atoms with Gasteiger partial charge in [0.2, 0.25) is 23.4 Å². The third-order valence-electron chi connectivity index (χ3n) is 11.2. The third-order valence-corrected chi connectivity index (χ3v) is 11.2. The van der Waals surface area contributed by atoms with E-state index in [9.17, 15) is 43.5 Å². The fourth-order valence-electron chi connectivity index (χ4n) is 7.95. The van der Waals surface area contributed by atoms with Crippen molar-refractivity contribution in [3.63, 3.8) is 0 Å². The van der Waals surface area contributed by atoms with Crippen molar-refractivity contribution in [2.24, 2.45) is 17.6 Å². The van der Waals surface area contributed by atoms with Gasteiger partial charge in [-0.1, -0.05) is 44.2 Å². The number of anilines is 1. The smallest absolute Gasteiger partial charge is 0.411 e. The van der Waals surface area contributed by atoms with E-state index in [0.717, 1.165) is 6.08 Å². The summed E-state index contributed by atoms with van der Waals surface area (Å²) in [5, 5.41) is 21.8. The molecule has 1 aromatic rings. The molecule has 0 aromatic heterocycles. The molecule has 19 nitrogen and oxygen atoms in total. The fraction of sp³-hybridized carbons (Fsp3) is 0.455. The van der Waals surface area contributed by atoms with Crippen LogP contribution in [0.15, 0.2) is 76.7 Å². The second kappa shape index (κ2) is 21.1. The van der Waals surface area contributed by atoms with Crippen LogP contribution in [0.5, 0.6) is 0 Å². The normalized spacial score (nSPS) is 28.4. The number of aliphatic hydroxyl groups excluding tert-OH is 1. The molecule has 4 aliphatic rings. The van der Waals surface area contributed by atoms with Gasteiger partial charge in [-0.25, -0.2) is 9.59 Å². The van der Waals surface area contributed by atoms with Crippen LogP contribution in [0.3, 0.4) is 0 Å². The number of methoxy groups -OCH3 is 2. The summed E-state index contributed by atoms with van der Waals surface area (Å²) < 4.78 is 22.1. The van der Waals surface area contributed by atoms with Crippen LogP contribution in [0.1, 0.15) is 69.3 Å². The summed E-state index contributed by atoms with van der Waals surface area (Å²) >= 11 is 0. The predicted molar refractivity (Wildman–Crippen MR) is 225 cm³/mol. The SMILES string of the molecule is COC1C[C@H](C)CC2=C(NCCOC(=O)Nc3cccc4c3CN(C3CCC(=O)NC3=O)C4=O)C(=O)C=C(NC(=O)/C(C)=C/C=C\[C@H](OC)[C@@H](OC(N)=O)/C(C)=C/[C@H](C)[C@@H]1O)C2=O. The number of benzene rings is 1. The standard InChI is InChI=1S/C44H54N6O13/c1-22-17-27-36(46-15-16-62-44(59)48-29-11-8-10-26-28(29)21-50(42(26)57)31-13-14-35(52)49-41(31)56)32(51)20-30(38(27)54)47-40(55)23(2)9-7-12-33(60-5)39(63-43(45)58)25(4)19-24(3)37(53)34(18-22)61-6/h7-12,19-20,22,24,31,33-34,37,39,46,53H,13-18,21H2,1-6H3,(H2,45,58)(H,47,55)(H,48,59)(H,49,52,56)/b12-7-,23-9+,25-19+/t22-,24+,31?,33+,34?,37+,39+/m1/s1. The minimum absolute atomic E-state index is 0.0204. The number of ether oxygens (including phenoxy) is 4. The zero-order valence-corrected chi connectivity index (χ0v) is 36.0. The van der Waals surface area contributed by atoms with E-state index in [1.165, 1.54) is 38.2 Å². The van der Waals surface area contributed by atoms with E-state index in [1.807, 2.05) is 6.92 Å². The van der Waals surface area contributed by atoms with Crippen molar-refractivity contribution in [3.8, 4) is 0 Å². The quantitative estimate of drug-likeness (QED) is 0.0901. The first kappa shape index (κ1) is 47.6. The molecule has 0 spiro atoms. The Bertz CT molecular complexity index is 2190. The maximum absolute atomic E-state index is 14.1. The van der Waals surface area contributed by atoms with E-state index in [1.54, 1.807) is 44.2 Å². The number of carbonyl (C=O) groups excluding carboxylic acids is 8. The highest BCUT2D eigenvalue weighted by Gasteiger charge is 2.40. The summed E-state index contributed by atoms with van der Waals surface area (Å²) in [7, 11) is 2.84. The maximum atomic E-state index is 14.1. The second-order valence-corrected chi connectivity index (χ2v) is 15.9. The summed E-state index contributed by atoms with van der Waals surface area (Å²) in [5.41, 5.74) is 6.88. The average Bonchev–Trinajstić information content (AvgIpc) is 3.57. The Hall–Kier alpha value is -6.44. The van der Waals surface area contributed by atoms with Crippen molar-refractivity contribution in [3.05, 3.63) is 87.8 Å². The van der Waals surface area contributed by atoms with Crippen LogP contribution in [0.4, 0.5) is 15.3 Å². The summed E-state index contributed by atoms with van der Waals surface area (Å²) in [4.78, 5) is 105. The molecule has 5 rings (SSSR count). The number of nitrogens with zero attached hydrogens (tertiary/aromatic N) is 1. The van der Waals surface area contributed by atoms with Crippen molar-refractivity contribution in [2.45, 2.75) is 90.4 Å². The highest BCUT2D eigenvalue weighted by atomic mass is 16.6. The number of imide groups is 1. The maximum Gasteiger partial charge on any atom is 0.411 e. The van der Waals surface area contributed by atoms with Crippen molar-refractivity contribution >= 4 is 53.1 Å².